The Kier molecular flexibility index (Phi) is 14.0. The van der Waals surface area contributed by atoms with Crippen molar-refractivity contribution >= 4 is 58.7 Å². The molecular weight excluding hydrogens is 712 g/mol. The second kappa shape index (κ2) is 17.7. The van der Waals surface area contributed by atoms with Crippen LogP contribution in [0.5, 0.6) is 11.5 Å². The number of aromatic hydroxyl groups is 2. The van der Waals surface area contributed by atoms with E-state index >= 15 is 0 Å². The third-order valence-corrected chi connectivity index (χ3v) is 12.8. The van der Waals surface area contributed by atoms with Crippen LogP contribution in [-0.2, 0) is 20.5 Å². The molecule has 3 N–H and O–H groups in total. The number of methoxy groups -OCH3 is 1. The van der Waals surface area contributed by atoms with Crippen LogP contribution in [-0.4, -0.2) is 63.6 Å². The van der Waals surface area contributed by atoms with Crippen molar-refractivity contribution in [2.75, 3.05) is 18.6 Å². The van der Waals surface area contributed by atoms with E-state index in [1.165, 1.54) is 24.9 Å². The quantitative estimate of drug-likeness (QED) is 0.0750. The molecule has 2 aliphatic rings. The molecule has 50 heavy (non-hydrogen) atoms. The molecule has 1 amide bonds. The molecule has 0 spiro atoms. The first-order valence-corrected chi connectivity index (χ1v) is 19.2. The molecule has 1 fully saturated rings. The van der Waals surface area contributed by atoms with Crippen molar-refractivity contribution in [3.8, 4) is 11.5 Å². The number of esters is 1. The van der Waals surface area contributed by atoms with E-state index in [1.54, 1.807) is 35.7 Å². The molecule has 0 radical (unpaired) electrons. The lowest BCUT2D eigenvalue weighted by Gasteiger charge is -2.29. The summed E-state index contributed by atoms with van der Waals surface area (Å²) in [6.07, 6.45) is 3.30. The van der Waals surface area contributed by atoms with E-state index in [1.807, 2.05) is 19.9 Å². The average Bonchev–Trinajstić information content (AvgIpc) is 3.08. The largest absolute Gasteiger partial charge is 0.507 e. The molecule has 0 saturated carbocycles. The summed E-state index contributed by atoms with van der Waals surface area (Å²) in [4.78, 5) is 50.6. The summed E-state index contributed by atoms with van der Waals surface area (Å²) in [7, 11) is 1.22. The molecule has 8 nitrogen and oxygen atoms in total. The van der Waals surface area contributed by atoms with Crippen LogP contribution >= 0.6 is 35.3 Å². The summed E-state index contributed by atoms with van der Waals surface area (Å²) in [5, 5.41) is 24.3. The van der Waals surface area contributed by atoms with Crippen molar-refractivity contribution in [1.29, 1.82) is 0 Å². The smallest absolute Gasteiger partial charge is 0.416 e. The zero-order chi connectivity index (χ0) is 36.6. The number of unbranched alkanes of at least 4 members (excludes halogenated alkanes) is 1. The van der Waals surface area contributed by atoms with Crippen LogP contribution in [0.2, 0.25) is 0 Å². The summed E-state index contributed by atoms with van der Waals surface area (Å²) in [5.74, 6) is -2.09. The number of rotatable bonds is 14. The lowest BCUT2D eigenvalue weighted by Crippen LogP contribution is -2.43. The van der Waals surface area contributed by atoms with Crippen LogP contribution in [0.25, 0.3) is 0 Å². The number of nitrogens with one attached hydrogen (secondary N) is 1. The van der Waals surface area contributed by atoms with Gasteiger partial charge in [-0.25, -0.2) is 4.79 Å². The zero-order valence-electron chi connectivity index (χ0n) is 27.9. The molecule has 1 aliphatic heterocycles. The Hall–Kier alpha value is -3.36. The van der Waals surface area contributed by atoms with Gasteiger partial charge in [-0.15, -0.1) is 23.5 Å². The standard InChI is InChI=1S/C36H40F3NO7S3/c1-20(2)8-15-29(24-18-28(43)31-26(41)13-14-27(42)32(31)33(24)45)49-19-25(34(46)47-3)40-30(44)7-5-4-6-23-16-17-48-35(50-23)21-9-11-22(12-10-21)36(37,38)39/h8-14,18,23,25,29,35,43,45H,4-7,15-17,19H2,1-3H3,(H,40,44)/t23-,25+,29-,35?/m1/s1. The Bertz CT molecular complexity index is 1640. The fourth-order valence-electron chi connectivity index (χ4n) is 5.61. The van der Waals surface area contributed by atoms with Crippen molar-refractivity contribution in [2.24, 2.45) is 0 Å². The first-order chi connectivity index (χ1) is 23.7. The van der Waals surface area contributed by atoms with E-state index in [-0.39, 0.29) is 39.4 Å². The Balaban J connectivity index is 1.33. The van der Waals surface area contributed by atoms with Gasteiger partial charge in [0.2, 0.25) is 5.91 Å². The van der Waals surface area contributed by atoms with Gasteiger partial charge in [0, 0.05) is 28.2 Å². The minimum absolute atomic E-state index is 0.0465. The van der Waals surface area contributed by atoms with E-state index in [0.717, 1.165) is 60.4 Å². The van der Waals surface area contributed by atoms with E-state index in [4.69, 9.17) is 4.74 Å². The van der Waals surface area contributed by atoms with Crippen molar-refractivity contribution in [3.05, 3.63) is 82.0 Å². The Morgan fingerprint density at radius 2 is 1.76 bits per heavy atom. The number of carbonyl (C=O) groups excluding carboxylic acids is 4. The molecular formula is C36H40F3NO7S3. The number of fused-ring (bicyclic) bond motifs is 1. The maximum Gasteiger partial charge on any atom is 0.416 e. The highest BCUT2D eigenvalue weighted by Crippen LogP contribution is 2.49. The monoisotopic (exact) mass is 751 g/mol. The van der Waals surface area contributed by atoms with Crippen molar-refractivity contribution in [2.45, 2.75) is 79.7 Å². The molecule has 2 aromatic rings. The number of thioether (sulfide) groups is 3. The number of benzene rings is 2. The van der Waals surface area contributed by atoms with Gasteiger partial charge in [-0.3, -0.25) is 14.4 Å². The molecule has 14 heteroatoms. The second-order valence-corrected chi connectivity index (χ2v) is 16.4. The first kappa shape index (κ1) is 39.4. The normalized spacial score (nSPS) is 18.6. The van der Waals surface area contributed by atoms with Gasteiger partial charge >= 0.3 is 12.1 Å². The van der Waals surface area contributed by atoms with Crippen LogP contribution in [0.1, 0.15) is 99.6 Å². The van der Waals surface area contributed by atoms with Gasteiger partial charge in [-0.1, -0.05) is 30.2 Å². The van der Waals surface area contributed by atoms with Crippen molar-refractivity contribution in [1.82, 2.24) is 5.32 Å². The number of alkyl halides is 3. The predicted octanol–water partition coefficient (Wildman–Crippen LogP) is 8.34. The van der Waals surface area contributed by atoms with Crippen LogP contribution in [0.4, 0.5) is 13.2 Å². The highest BCUT2D eigenvalue weighted by Gasteiger charge is 2.33. The highest BCUT2D eigenvalue weighted by atomic mass is 32.2. The van der Waals surface area contributed by atoms with Gasteiger partial charge in [0.25, 0.3) is 0 Å². The van der Waals surface area contributed by atoms with E-state index < -0.39 is 52.1 Å². The maximum absolute atomic E-state index is 13.0. The number of halogens is 3. The third-order valence-electron chi connectivity index (χ3n) is 8.27. The first-order valence-electron chi connectivity index (χ1n) is 16.1. The van der Waals surface area contributed by atoms with Gasteiger partial charge in [0.05, 0.1) is 28.4 Å². The Labute approximate surface area is 302 Å². The number of ketones is 2. The number of hydrogen-bond acceptors (Lipinski definition) is 10. The van der Waals surface area contributed by atoms with E-state index in [9.17, 15) is 42.6 Å². The molecule has 1 unspecified atom stereocenters. The van der Waals surface area contributed by atoms with Crippen LogP contribution in [0.15, 0.2) is 54.1 Å². The number of phenols is 2. The molecule has 270 valence electrons. The van der Waals surface area contributed by atoms with E-state index in [0.29, 0.717) is 18.1 Å². The fourth-order valence-corrected chi connectivity index (χ4v) is 10.3. The zero-order valence-corrected chi connectivity index (χ0v) is 30.3. The number of amides is 1. The van der Waals surface area contributed by atoms with Gasteiger partial charge in [-0.05, 0) is 81.2 Å². The van der Waals surface area contributed by atoms with Crippen molar-refractivity contribution < 1.29 is 47.3 Å². The predicted molar refractivity (Wildman–Crippen MR) is 192 cm³/mol. The van der Waals surface area contributed by atoms with Crippen LogP contribution in [0.3, 0.4) is 0 Å². The van der Waals surface area contributed by atoms with Crippen LogP contribution in [0, 0.1) is 0 Å². The topological polar surface area (TPSA) is 130 Å². The lowest BCUT2D eigenvalue weighted by atomic mass is 9.89. The molecule has 0 bridgehead atoms. The Morgan fingerprint density at radius 1 is 1.08 bits per heavy atom. The SMILES string of the molecule is COC(=O)[C@H](CS[C@H](CC=C(C)C)c1cc(O)c2c(c1O)C(=O)C=CC2=O)NC(=O)CCCC[C@@H]1CCSC(c2ccc(C(F)(F)F)cc2)S1. The number of hydrogen-bond donors (Lipinski definition) is 3. The minimum Gasteiger partial charge on any atom is -0.507 e. The molecule has 1 saturated heterocycles. The second-order valence-electron chi connectivity index (χ2n) is 12.2. The summed E-state index contributed by atoms with van der Waals surface area (Å²) >= 11 is 4.68. The molecule has 2 aromatic carbocycles. The number of carbonyl (C=O) groups is 4. The highest BCUT2D eigenvalue weighted by molar-refractivity contribution is 8.17. The van der Waals surface area contributed by atoms with Crippen LogP contribution < -0.4 is 5.32 Å². The summed E-state index contributed by atoms with van der Waals surface area (Å²) in [6, 6.07) is 5.57. The minimum atomic E-state index is -4.37. The molecule has 1 aliphatic carbocycles. The Morgan fingerprint density at radius 3 is 2.40 bits per heavy atom. The number of allylic oxidation sites excluding steroid dienone is 4. The fraction of sp³-hybridized carbons (Fsp3) is 0.444. The summed E-state index contributed by atoms with van der Waals surface area (Å²) in [6.45, 7) is 3.78. The van der Waals surface area contributed by atoms with Gasteiger partial charge < -0.3 is 20.3 Å². The average molecular weight is 752 g/mol. The van der Waals surface area contributed by atoms with Gasteiger partial charge in [0.1, 0.15) is 17.5 Å². The van der Waals surface area contributed by atoms with E-state index in [2.05, 4.69) is 5.32 Å². The molecule has 0 aromatic heterocycles. The molecule has 4 atom stereocenters. The lowest BCUT2D eigenvalue weighted by molar-refractivity contribution is -0.144. The van der Waals surface area contributed by atoms with Gasteiger partial charge in [-0.2, -0.15) is 24.9 Å². The molecule has 1 heterocycles. The van der Waals surface area contributed by atoms with Gasteiger partial charge in [0.15, 0.2) is 11.6 Å². The number of phenolic OH excluding ortho intramolecular Hbond substituents is 2. The number of ether oxygens (including phenoxy) is 1. The summed E-state index contributed by atoms with van der Waals surface area (Å²) < 4.78 is 43.9. The molecule has 4 rings (SSSR count). The maximum atomic E-state index is 13.0. The van der Waals surface area contributed by atoms with Crippen molar-refractivity contribution in [3.63, 3.8) is 0 Å². The summed E-state index contributed by atoms with van der Waals surface area (Å²) in [5.41, 5.74) is 0.852. The third kappa shape index (κ3) is 10.3.